The molecule has 0 saturated carbocycles. The maximum atomic E-state index is 13.0. The van der Waals surface area contributed by atoms with E-state index < -0.39 is 5.82 Å². The normalized spacial score (nSPS) is 9.21. The SMILES string of the molecule is C#CCNC(=O)c1ccc(C)c(F)c1. The van der Waals surface area contributed by atoms with Crippen molar-refractivity contribution in [2.24, 2.45) is 0 Å². The van der Waals surface area contributed by atoms with E-state index in [4.69, 9.17) is 6.42 Å². The van der Waals surface area contributed by atoms with Crippen LogP contribution in [0, 0.1) is 25.1 Å². The summed E-state index contributed by atoms with van der Waals surface area (Å²) < 4.78 is 13.0. The molecule has 72 valence electrons. The lowest BCUT2D eigenvalue weighted by Gasteiger charge is -2.02. The highest BCUT2D eigenvalue weighted by Crippen LogP contribution is 2.08. The van der Waals surface area contributed by atoms with Crippen LogP contribution in [0.5, 0.6) is 0 Å². The molecule has 0 aromatic heterocycles. The van der Waals surface area contributed by atoms with Gasteiger partial charge in [-0.25, -0.2) is 4.39 Å². The summed E-state index contributed by atoms with van der Waals surface area (Å²) in [6.45, 7) is 1.78. The van der Waals surface area contributed by atoms with Gasteiger partial charge in [0.1, 0.15) is 5.82 Å². The van der Waals surface area contributed by atoms with Crippen molar-refractivity contribution in [2.45, 2.75) is 6.92 Å². The summed E-state index contributed by atoms with van der Waals surface area (Å²) in [5, 5.41) is 2.45. The molecule has 0 bridgehead atoms. The molecule has 1 rings (SSSR count). The first-order chi connectivity index (χ1) is 6.65. The smallest absolute Gasteiger partial charge is 0.252 e. The number of benzene rings is 1. The standard InChI is InChI=1S/C11H10FNO/c1-3-6-13-11(14)9-5-4-8(2)10(12)7-9/h1,4-5,7H,6H2,2H3,(H,13,14). The zero-order valence-corrected chi connectivity index (χ0v) is 7.80. The summed E-state index contributed by atoms with van der Waals surface area (Å²) in [5.74, 6) is 1.52. The first-order valence-corrected chi connectivity index (χ1v) is 4.13. The van der Waals surface area contributed by atoms with E-state index in [1.807, 2.05) is 0 Å². The second-order valence-corrected chi connectivity index (χ2v) is 2.85. The van der Waals surface area contributed by atoms with E-state index in [9.17, 15) is 9.18 Å². The van der Waals surface area contributed by atoms with Crippen LogP contribution < -0.4 is 5.32 Å². The highest BCUT2D eigenvalue weighted by Gasteiger charge is 2.06. The summed E-state index contributed by atoms with van der Waals surface area (Å²) in [7, 11) is 0. The summed E-state index contributed by atoms with van der Waals surface area (Å²) in [5.41, 5.74) is 0.793. The van der Waals surface area contributed by atoms with Crippen molar-refractivity contribution in [3.8, 4) is 12.3 Å². The minimum absolute atomic E-state index is 0.147. The lowest BCUT2D eigenvalue weighted by Crippen LogP contribution is -2.23. The van der Waals surface area contributed by atoms with Gasteiger partial charge in [-0.1, -0.05) is 12.0 Å². The fourth-order valence-electron chi connectivity index (χ4n) is 0.967. The maximum Gasteiger partial charge on any atom is 0.252 e. The molecule has 3 heteroatoms. The second kappa shape index (κ2) is 4.43. The molecule has 2 nitrogen and oxygen atoms in total. The van der Waals surface area contributed by atoms with Gasteiger partial charge in [0.2, 0.25) is 0 Å². The molecule has 1 N–H and O–H groups in total. The number of amides is 1. The van der Waals surface area contributed by atoms with Gasteiger partial charge in [0, 0.05) is 5.56 Å². The van der Waals surface area contributed by atoms with Gasteiger partial charge < -0.3 is 5.32 Å². The molecule has 0 fully saturated rings. The predicted molar refractivity (Wildman–Crippen MR) is 52.3 cm³/mol. The summed E-state index contributed by atoms with van der Waals surface area (Å²) in [4.78, 5) is 11.3. The van der Waals surface area contributed by atoms with Crippen molar-refractivity contribution in [3.63, 3.8) is 0 Å². The van der Waals surface area contributed by atoms with Crippen LogP contribution in [0.3, 0.4) is 0 Å². The first kappa shape index (κ1) is 10.3. The van der Waals surface area contributed by atoms with Crippen molar-refractivity contribution in [1.29, 1.82) is 0 Å². The quantitative estimate of drug-likeness (QED) is 0.705. The lowest BCUT2D eigenvalue weighted by atomic mass is 10.1. The van der Waals surface area contributed by atoms with Gasteiger partial charge in [-0.15, -0.1) is 6.42 Å². The van der Waals surface area contributed by atoms with Crippen LogP contribution in [0.2, 0.25) is 0 Å². The molecule has 0 aliphatic carbocycles. The molecule has 0 aliphatic heterocycles. The molecule has 0 aliphatic rings. The van der Waals surface area contributed by atoms with Crippen molar-refractivity contribution in [1.82, 2.24) is 5.32 Å². The van der Waals surface area contributed by atoms with Gasteiger partial charge in [-0.05, 0) is 24.6 Å². The molecule has 0 unspecified atom stereocenters. The Morgan fingerprint density at radius 2 is 2.36 bits per heavy atom. The molecule has 0 spiro atoms. The van der Waals surface area contributed by atoms with E-state index in [-0.39, 0.29) is 18.0 Å². The third-order valence-corrected chi connectivity index (χ3v) is 1.79. The zero-order chi connectivity index (χ0) is 10.6. The van der Waals surface area contributed by atoms with Crippen molar-refractivity contribution in [2.75, 3.05) is 6.54 Å². The van der Waals surface area contributed by atoms with Gasteiger partial charge >= 0.3 is 0 Å². The fourth-order valence-corrected chi connectivity index (χ4v) is 0.967. The number of carbonyl (C=O) groups excluding carboxylic acids is 1. The molecule has 1 aromatic carbocycles. The first-order valence-electron chi connectivity index (χ1n) is 4.13. The lowest BCUT2D eigenvalue weighted by molar-refractivity contribution is 0.0958. The molecule has 14 heavy (non-hydrogen) atoms. The molecule has 0 heterocycles. The number of hydrogen-bond acceptors (Lipinski definition) is 1. The molecule has 1 amide bonds. The van der Waals surface area contributed by atoms with Crippen LogP contribution in [0.4, 0.5) is 4.39 Å². The Morgan fingerprint density at radius 1 is 1.64 bits per heavy atom. The number of aryl methyl sites for hydroxylation is 1. The summed E-state index contributed by atoms with van der Waals surface area (Å²) >= 11 is 0. The molecule has 1 aromatic rings. The summed E-state index contributed by atoms with van der Waals surface area (Å²) in [6.07, 6.45) is 4.97. The number of nitrogens with one attached hydrogen (secondary N) is 1. The van der Waals surface area contributed by atoms with E-state index in [0.717, 1.165) is 0 Å². The average molecular weight is 191 g/mol. The third-order valence-electron chi connectivity index (χ3n) is 1.79. The van der Waals surface area contributed by atoms with Gasteiger partial charge in [-0.3, -0.25) is 4.79 Å². The number of terminal acetylenes is 1. The van der Waals surface area contributed by atoms with Gasteiger partial charge in [0.05, 0.1) is 6.54 Å². The molecular weight excluding hydrogens is 181 g/mol. The molecule has 0 atom stereocenters. The largest absolute Gasteiger partial charge is 0.341 e. The number of hydrogen-bond donors (Lipinski definition) is 1. The van der Waals surface area contributed by atoms with Gasteiger partial charge in [-0.2, -0.15) is 0 Å². The minimum atomic E-state index is -0.390. The topological polar surface area (TPSA) is 29.1 Å². The zero-order valence-electron chi connectivity index (χ0n) is 7.80. The number of rotatable bonds is 2. The van der Waals surface area contributed by atoms with Crippen molar-refractivity contribution in [3.05, 3.63) is 35.1 Å². The fraction of sp³-hybridized carbons (Fsp3) is 0.182. The highest BCUT2D eigenvalue weighted by molar-refractivity contribution is 5.94. The Bertz CT molecular complexity index is 393. The Balaban J connectivity index is 2.82. The van der Waals surface area contributed by atoms with Gasteiger partial charge in [0.25, 0.3) is 5.91 Å². The Morgan fingerprint density at radius 3 is 2.93 bits per heavy atom. The van der Waals surface area contributed by atoms with Crippen LogP contribution in [-0.2, 0) is 0 Å². The highest BCUT2D eigenvalue weighted by atomic mass is 19.1. The third kappa shape index (κ3) is 2.33. The monoisotopic (exact) mass is 191 g/mol. The Labute approximate surface area is 82.1 Å². The van der Waals surface area contributed by atoms with Crippen LogP contribution in [0.1, 0.15) is 15.9 Å². The van der Waals surface area contributed by atoms with Crippen LogP contribution in [0.25, 0.3) is 0 Å². The van der Waals surface area contributed by atoms with Crippen LogP contribution >= 0.6 is 0 Å². The van der Waals surface area contributed by atoms with Crippen LogP contribution in [-0.4, -0.2) is 12.5 Å². The molecule has 0 saturated heterocycles. The molecule has 0 radical (unpaired) electrons. The van der Waals surface area contributed by atoms with Crippen LogP contribution in [0.15, 0.2) is 18.2 Å². The number of carbonyl (C=O) groups is 1. The minimum Gasteiger partial charge on any atom is -0.341 e. The van der Waals surface area contributed by atoms with E-state index in [1.165, 1.54) is 6.07 Å². The Hall–Kier alpha value is -1.82. The molecular formula is C11H10FNO. The van der Waals surface area contributed by atoms with E-state index >= 15 is 0 Å². The van der Waals surface area contributed by atoms with E-state index in [2.05, 4.69) is 11.2 Å². The maximum absolute atomic E-state index is 13.0. The second-order valence-electron chi connectivity index (χ2n) is 2.85. The number of halogens is 1. The van der Waals surface area contributed by atoms with Crippen molar-refractivity contribution < 1.29 is 9.18 Å². The predicted octanol–water partition coefficient (Wildman–Crippen LogP) is 1.50. The summed E-state index contributed by atoms with van der Waals surface area (Å²) in [6, 6.07) is 4.31. The Kier molecular flexibility index (Phi) is 3.24. The van der Waals surface area contributed by atoms with Crippen molar-refractivity contribution >= 4 is 5.91 Å². The van der Waals surface area contributed by atoms with Gasteiger partial charge in [0.15, 0.2) is 0 Å². The van der Waals surface area contributed by atoms with E-state index in [1.54, 1.807) is 19.1 Å². The average Bonchev–Trinajstić information content (AvgIpc) is 2.18. The van der Waals surface area contributed by atoms with E-state index in [0.29, 0.717) is 5.56 Å².